The molecule has 2 atom stereocenters. The average molecular weight is 398 g/mol. The summed E-state index contributed by atoms with van der Waals surface area (Å²) in [5, 5.41) is 11.9. The van der Waals surface area contributed by atoms with E-state index >= 15 is 0 Å². The van der Waals surface area contributed by atoms with Crippen LogP contribution in [-0.2, 0) is 27.2 Å². The van der Waals surface area contributed by atoms with Crippen LogP contribution in [0.2, 0.25) is 0 Å². The lowest BCUT2D eigenvalue weighted by atomic mass is 9.85. The average Bonchev–Trinajstić information content (AvgIpc) is 2.74. The van der Waals surface area contributed by atoms with Crippen LogP contribution in [0.5, 0.6) is 0 Å². The van der Waals surface area contributed by atoms with Crippen LogP contribution < -0.4 is 5.32 Å². The standard InChI is InChI=1S/C24H31NO4/c1-2-29-24(28)22(17-20-12-7-4-8-13-20)18-21(23(27)25-14-9-15-26)16-19-10-5-3-6-11-19/h3-8,10-13,21-22,26H,2,9,14-18H2,1H3,(H,25,27)/t21?,22-/m0/s1. The molecule has 0 radical (unpaired) electrons. The highest BCUT2D eigenvalue weighted by molar-refractivity contribution is 5.80. The topological polar surface area (TPSA) is 75.6 Å². The van der Waals surface area contributed by atoms with Crippen molar-refractivity contribution in [2.75, 3.05) is 19.8 Å². The molecule has 0 aliphatic carbocycles. The Morgan fingerprint density at radius 1 is 0.931 bits per heavy atom. The van der Waals surface area contributed by atoms with Gasteiger partial charge in [0.15, 0.2) is 0 Å². The number of carbonyl (C=O) groups excluding carboxylic acids is 2. The smallest absolute Gasteiger partial charge is 0.309 e. The van der Waals surface area contributed by atoms with Crippen molar-refractivity contribution >= 4 is 11.9 Å². The summed E-state index contributed by atoms with van der Waals surface area (Å²) in [5.41, 5.74) is 2.10. The van der Waals surface area contributed by atoms with Gasteiger partial charge in [-0.1, -0.05) is 60.7 Å². The fourth-order valence-electron chi connectivity index (χ4n) is 3.38. The molecule has 1 unspecified atom stereocenters. The van der Waals surface area contributed by atoms with Crippen LogP contribution in [0.3, 0.4) is 0 Å². The van der Waals surface area contributed by atoms with Gasteiger partial charge < -0.3 is 15.2 Å². The quantitative estimate of drug-likeness (QED) is 0.426. The van der Waals surface area contributed by atoms with E-state index in [0.717, 1.165) is 11.1 Å². The second-order valence-corrected chi connectivity index (χ2v) is 7.13. The van der Waals surface area contributed by atoms with E-state index in [0.29, 0.717) is 38.8 Å². The minimum absolute atomic E-state index is 0.0308. The number of amides is 1. The maximum Gasteiger partial charge on any atom is 0.309 e. The molecule has 0 heterocycles. The summed E-state index contributed by atoms with van der Waals surface area (Å²) in [4.78, 5) is 25.5. The molecule has 0 aromatic heterocycles. The zero-order valence-electron chi connectivity index (χ0n) is 17.0. The summed E-state index contributed by atoms with van der Waals surface area (Å²) in [6.07, 6.45) is 2.01. The molecule has 2 aromatic rings. The van der Waals surface area contributed by atoms with E-state index < -0.39 is 5.92 Å². The van der Waals surface area contributed by atoms with Crippen molar-refractivity contribution in [1.82, 2.24) is 5.32 Å². The number of rotatable bonds is 12. The lowest BCUT2D eigenvalue weighted by Gasteiger charge is -2.22. The Balaban J connectivity index is 2.17. The SMILES string of the molecule is CCOC(=O)[C@@H](Cc1ccccc1)CC(Cc1ccccc1)C(=O)NCCCO. The molecule has 0 aliphatic heterocycles. The van der Waals surface area contributed by atoms with Gasteiger partial charge in [-0.3, -0.25) is 9.59 Å². The van der Waals surface area contributed by atoms with Crippen LogP contribution in [0.1, 0.15) is 30.9 Å². The van der Waals surface area contributed by atoms with Gasteiger partial charge in [0.2, 0.25) is 5.91 Å². The highest BCUT2D eigenvalue weighted by atomic mass is 16.5. The number of aliphatic hydroxyl groups is 1. The van der Waals surface area contributed by atoms with Crippen molar-refractivity contribution in [3.8, 4) is 0 Å². The van der Waals surface area contributed by atoms with Crippen LogP contribution >= 0.6 is 0 Å². The first kappa shape index (κ1) is 22.6. The van der Waals surface area contributed by atoms with Crippen LogP contribution in [0.4, 0.5) is 0 Å². The van der Waals surface area contributed by atoms with Gasteiger partial charge in [0.25, 0.3) is 0 Å². The number of hydrogen-bond donors (Lipinski definition) is 2. The van der Waals surface area contributed by atoms with Gasteiger partial charge >= 0.3 is 5.97 Å². The summed E-state index contributed by atoms with van der Waals surface area (Å²) in [5.74, 6) is -1.11. The van der Waals surface area contributed by atoms with Crippen molar-refractivity contribution in [1.29, 1.82) is 0 Å². The molecule has 0 saturated heterocycles. The van der Waals surface area contributed by atoms with Crippen LogP contribution in [-0.4, -0.2) is 36.7 Å². The number of carbonyl (C=O) groups is 2. The second-order valence-electron chi connectivity index (χ2n) is 7.13. The van der Waals surface area contributed by atoms with Gasteiger partial charge in [-0.25, -0.2) is 0 Å². The zero-order chi connectivity index (χ0) is 20.9. The number of nitrogens with one attached hydrogen (secondary N) is 1. The van der Waals surface area contributed by atoms with Crippen LogP contribution in [0, 0.1) is 11.8 Å². The highest BCUT2D eigenvalue weighted by Crippen LogP contribution is 2.23. The molecule has 29 heavy (non-hydrogen) atoms. The van der Waals surface area contributed by atoms with E-state index in [1.54, 1.807) is 6.92 Å². The number of hydrogen-bond acceptors (Lipinski definition) is 4. The van der Waals surface area contributed by atoms with Crippen molar-refractivity contribution in [2.45, 2.75) is 32.6 Å². The van der Waals surface area contributed by atoms with Crippen LogP contribution in [0.25, 0.3) is 0 Å². The van der Waals surface area contributed by atoms with E-state index in [1.807, 2.05) is 60.7 Å². The fraction of sp³-hybridized carbons (Fsp3) is 0.417. The summed E-state index contributed by atoms with van der Waals surface area (Å²) in [6, 6.07) is 19.6. The minimum Gasteiger partial charge on any atom is -0.466 e. The Morgan fingerprint density at radius 3 is 2.00 bits per heavy atom. The van der Waals surface area contributed by atoms with Crippen LogP contribution in [0.15, 0.2) is 60.7 Å². The predicted molar refractivity (Wildman–Crippen MR) is 113 cm³/mol. The molecule has 0 saturated carbocycles. The van der Waals surface area contributed by atoms with Gasteiger partial charge in [0.05, 0.1) is 12.5 Å². The van der Waals surface area contributed by atoms with Crippen molar-refractivity contribution in [3.05, 3.63) is 71.8 Å². The molecule has 0 fully saturated rings. The number of aliphatic hydroxyl groups excluding tert-OH is 1. The van der Waals surface area contributed by atoms with Gasteiger partial charge in [0.1, 0.15) is 0 Å². The largest absolute Gasteiger partial charge is 0.466 e. The maximum absolute atomic E-state index is 12.8. The first-order chi connectivity index (χ1) is 14.1. The third kappa shape index (κ3) is 8.08. The monoisotopic (exact) mass is 397 g/mol. The molecule has 5 heteroatoms. The van der Waals surface area contributed by atoms with Crippen molar-refractivity contribution in [3.63, 3.8) is 0 Å². The third-order valence-electron chi connectivity index (χ3n) is 4.84. The molecule has 1 amide bonds. The van der Waals surface area contributed by atoms with E-state index in [2.05, 4.69) is 5.32 Å². The Kier molecular flexibility index (Phi) is 9.93. The van der Waals surface area contributed by atoms with E-state index in [1.165, 1.54) is 0 Å². The molecule has 2 aromatic carbocycles. The fourth-order valence-corrected chi connectivity index (χ4v) is 3.38. The summed E-state index contributed by atoms with van der Waals surface area (Å²) < 4.78 is 5.30. The molecule has 0 bridgehead atoms. The Bertz CT molecular complexity index is 733. The Labute approximate surface area is 173 Å². The van der Waals surface area contributed by atoms with E-state index in [-0.39, 0.29) is 24.4 Å². The minimum atomic E-state index is -0.394. The summed E-state index contributed by atoms with van der Waals surface area (Å²) in [7, 11) is 0. The molecule has 2 rings (SSSR count). The van der Waals surface area contributed by atoms with Crippen molar-refractivity contribution in [2.24, 2.45) is 11.8 Å². The zero-order valence-corrected chi connectivity index (χ0v) is 17.0. The number of esters is 1. The van der Waals surface area contributed by atoms with Gasteiger partial charge in [-0.15, -0.1) is 0 Å². The lowest BCUT2D eigenvalue weighted by Crippen LogP contribution is -2.36. The summed E-state index contributed by atoms with van der Waals surface area (Å²) >= 11 is 0. The Hall–Kier alpha value is -2.66. The third-order valence-corrected chi connectivity index (χ3v) is 4.84. The first-order valence-corrected chi connectivity index (χ1v) is 10.3. The van der Waals surface area contributed by atoms with Gasteiger partial charge in [0, 0.05) is 19.1 Å². The normalized spacial score (nSPS) is 12.8. The molecular weight excluding hydrogens is 366 g/mol. The van der Waals surface area contributed by atoms with E-state index in [4.69, 9.17) is 9.84 Å². The molecule has 5 nitrogen and oxygen atoms in total. The molecule has 2 N–H and O–H groups in total. The second kappa shape index (κ2) is 12.7. The number of benzene rings is 2. The van der Waals surface area contributed by atoms with E-state index in [9.17, 15) is 9.59 Å². The highest BCUT2D eigenvalue weighted by Gasteiger charge is 2.28. The maximum atomic E-state index is 12.8. The predicted octanol–water partition coefficient (Wildman–Crippen LogP) is 3.16. The molecule has 0 aliphatic rings. The lowest BCUT2D eigenvalue weighted by molar-refractivity contribution is -0.148. The molecule has 0 spiro atoms. The molecular formula is C24H31NO4. The molecule has 156 valence electrons. The van der Waals surface area contributed by atoms with Gasteiger partial charge in [-0.05, 0) is 43.7 Å². The van der Waals surface area contributed by atoms with Gasteiger partial charge in [-0.2, -0.15) is 0 Å². The first-order valence-electron chi connectivity index (χ1n) is 10.3. The Morgan fingerprint density at radius 2 is 1.48 bits per heavy atom. The summed E-state index contributed by atoms with van der Waals surface area (Å²) in [6.45, 7) is 2.56. The van der Waals surface area contributed by atoms with Crippen molar-refractivity contribution < 1.29 is 19.4 Å². The number of ether oxygens (including phenoxy) is 1.